The lowest BCUT2D eigenvalue weighted by atomic mass is 10.1. The second kappa shape index (κ2) is 3.65. The first kappa shape index (κ1) is 10.5. The van der Waals surface area contributed by atoms with E-state index in [1.807, 2.05) is 0 Å². The Morgan fingerprint density at radius 3 is 2.07 bits per heavy atom. The second-order valence-electron chi connectivity index (χ2n) is 2.74. The van der Waals surface area contributed by atoms with Gasteiger partial charge in [-0.15, -0.1) is 0 Å². The maximum Gasteiger partial charge on any atom is 0.416 e. The minimum Gasteiger partial charge on any atom is -0.308 e. The van der Waals surface area contributed by atoms with Gasteiger partial charge in [-0.25, -0.2) is 0 Å². The van der Waals surface area contributed by atoms with Crippen molar-refractivity contribution in [2.45, 2.75) is 6.18 Å². The average Bonchev–Trinajstić information content (AvgIpc) is 2.15. The maximum absolute atomic E-state index is 12.1. The fourth-order valence-corrected chi connectivity index (χ4v) is 0.957. The summed E-state index contributed by atoms with van der Waals surface area (Å²) in [5, 5.41) is 6.88. The first-order chi connectivity index (χ1) is 6.45. The van der Waals surface area contributed by atoms with Crippen LogP contribution in [0.2, 0.25) is 0 Å². The topological polar surface area (TPSA) is 23.9 Å². The van der Waals surface area contributed by atoms with Crippen LogP contribution in [0.3, 0.4) is 0 Å². The Morgan fingerprint density at radius 2 is 1.71 bits per heavy atom. The van der Waals surface area contributed by atoms with Crippen LogP contribution in [0.25, 0.3) is 5.57 Å². The van der Waals surface area contributed by atoms with Gasteiger partial charge in [-0.1, -0.05) is 18.7 Å². The Labute approximate surface area is 79.4 Å². The van der Waals surface area contributed by atoms with Gasteiger partial charge in [-0.3, -0.25) is 0 Å². The highest BCUT2D eigenvalue weighted by Gasteiger charge is 2.29. The Morgan fingerprint density at radius 1 is 1.21 bits per heavy atom. The molecule has 0 saturated heterocycles. The van der Waals surface area contributed by atoms with E-state index in [2.05, 4.69) is 6.58 Å². The molecule has 1 N–H and O–H groups in total. The van der Waals surface area contributed by atoms with Gasteiger partial charge in [0.15, 0.2) is 0 Å². The lowest BCUT2D eigenvalue weighted by Gasteiger charge is -2.07. The number of hydrogen-bond donors (Lipinski definition) is 1. The summed E-state index contributed by atoms with van der Waals surface area (Å²) in [6.45, 7) is 3.51. The zero-order valence-corrected chi connectivity index (χ0v) is 7.23. The molecule has 0 aromatic heterocycles. The summed E-state index contributed by atoms with van der Waals surface area (Å²) in [4.78, 5) is 0. The van der Waals surface area contributed by atoms with E-state index in [-0.39, 0.29) is 0 Å². The number of alkyl halides is 3. The number of rotatable bonds is 2. The first-order valence-electron chi connectivity index (χ1n) is 3.82. The molecule has 1 aromatic carbocycles. The number of halogens is 3. The SMILES string of the molecule is C=C(C=N)c1ccc(C(F)(F)F)cc1. The van der Waals surface area contributed by atoms with E-state index < -0.39 is 11.7 Å². The van der Waals surface area contributed by atoms with Gasteiger partial charge in [0.2, 0.25) is 0 Å². The van der Waals surface area contributed by atoms with Crippen LogP contribution in [-0.4, -0.2) is 6.21 Å². The average molecular weight is 199 g/mol. The summed E-state index contributed by atoms with van der Waals surface area (Å²) in [6.07, 6.45) is -3.31. The fourth-order valence-electron chi connectivity index (χ4n) is 0.957. The van der Waals surface area contributed by atoms with E-state index >= 15 is 0 Å². The molecule has 0 aliphatic rings. The Hall–Kier alpha value is -1.58. The zero-order chi connectivity index (χ0) is 10.8. The highest BCUT2D eigenvalue weighted by atomic mass is 19.4. The Kier molecular flexibility index (Phi) is 2.74. The molecular formula is C10H8F3N. The monoisotopic (exact) mass is 199 g/mol. The number of nitrogens with one attached hydrogen (secondary N) is 1. The highest BCUT2D eigenvalue weighted by Crippen LogP contribution is 2.29. The van der Waals surface area contributed by atoms with Crippen LogP contribution in [-0.2, 0) is 6.18 Å². The summed E-state index contributed by atoms with van der Waals surface area (Å²) in [6, 6.07) is 4.56. The van der Waals surface area contributed by atoms with Gasteiger partial charge in [0.1, 0.15) is 0 Å². The molecule has 0 heterocycles. The van der Waals surface area contributed by atoms with Crippen LogP contribution in [0.4, 0.5) is 13.2 Å². The summed E-state index contributed by atoms with van der Waals surface area (Å²) in [5.41, 5.74) is 0.214. The molecule has 1 rings (SSSR count). The van der Waals surface area contributed by atoms with E-state index in [0.717, 1.165) is 18.3 Å². The third-order valence-electron chi connectivity index (χ3n) is 1.76. The molecule has 1 nitrogen and oxygen atoms in total. The second-order valence-corrected chi connectivity index (χ2v) is 2.74. The van der Waals surface area contributed by atoms with Crippen molar-refractivity contribution in [2.75, 3.05) is 0 Å². The van der Waals surface area contributed by atoms with Crippen LogP contribution in [0.1, 0.15) is 11.1 Å². The molecule has 0 aliphatic heterocycles. The van der Waals surface area contributed by atoms with Crippen molar-refractivity contribution in [3.05, 3.63) is 42.0 Å². The zero-order valence-electron chi connectivity index (χ0n) is 7.23. The third-order valence-corrected chi connectivity index (χ3v) is 1.76. The largest absolute Gasteiger partial charge is 0.416 e. The standard InChI is InChI=1S/C10H8F3N/c1-7(6-14)8-2-4-9(5-3-8)10(11,12)13/h2-6,14H,1H2. The van der Waals surface area contributed by atoms with Crippen LogP contribution in [0, 0.1) is 5.41 Å². The van der Waals surface area contributed by atoms with E-state index in [4.69, 9.17) is 5.41 Å². The summed E-state index contributed by atoms with van der Waals surface area (Å²) in [5.74, 6) is 0. The van der Waals surface area contributed by atoms with Crippen LogP contribution >= 0.6 is 0 Å². The lowest BCUT2D eigenvalue weighted by molar-refractivity contribution is -0.137. The lowest BCUT2D eigenvalue weighted by Crippen LogP contribution is -2.04. The quantitative estimate of drug-likeness (QED) is 0.706. The number of hydrogen-bond acceptors (Lipinski definition) is 1. The molecule has 0 radical (unpaired) electrons. The van der Waals surface area contributed by atoms with Crippen molar-refractivity contribution < 1.29 is 13.2 Å². The van der Waals surface area contributed by atoms with Crippen molar-refractivity contribution in [2.24, 2.45) is 0 Å². The molecule has 0 amide bonds. The van der Waals surface area contributed by atoms with E-state index in [1.54, 1.807) is 0 Å². The minimum atomic E-state index is -4.31. The van der Waals surface area contributed by atoms with Gasteiger partial charge in [-0.05, 0) is 23.3 Å². The number of allylic oxidation sites excluding steroid dienone is 1. The molecule has 0 spiro atoms. The summed E-state index contributed by atoms with van der Waals surface area (Å²) >= 11 is 0. The molecule has 0 bridgehead atoms. The molecule has 0 aliphatic carbocycles. The normalized spacial score (nSPS) is 11.1. The van der Waals surface area contributed by atoms with Crippen molar-refractivity contribution >= 4 is 11.8 Å². The van der Waals surface area contributed by atoms with E-state index in [0.29, 0.717) is 11.1 Å². The van der Waals surface area contributed by atoms with Gasteiger partial charge in [-0.2, -0.15) is 13.2 Å². The molecule has 0 fully saturated rings. The molecule has 0 atom stereocenters. The van der Waals surface area contributed by atoms with Gasteiger partial charge in [0.25, 0.3) is 0 Å². The molecule has 0 unspecified atom stereocenters. The van der Waals surface area contributed by atoms with Crippen LogP contribution < -0.4 is 0 Å². The third kappa shape index (κ3) is 2.22. The van der Waals surface area contributed by atoms with Gasteiger partial charge in [0, 0.05) is 6.21 Å². The smallest absolute Gasteiger partial charge is 0.308 e. The van der Waals surface area contributed by atoms with Gasteiger partial charge in [0.05, 0.1) is 5.56 Å². The predicted molar refractivity (Wildman–Crippen MR) is 49.3 cm³/mol. The molecule has 0 saturated carbocycles. The van der Waals surface area contributed by atoms with Crippen molar-refractivity contribution in [1.82, 2.24) is 0 Å². The van der Waals surface area contributed by atoms with Gasteiger partial charge < -0.3 is 5.41 Å². The van der Waals surface area contributed by atoms with Crippen molar-refractivity contribution in [3.63, 3.8) is 0 Å². The molecule has 74 valence electrons. The summed E-state index contributed by atoms with van der Waals surface area (Å²) in [7, 11) is 0. The Bertz CT molecular complexity index is 349. The first-order valence-corrected chi connectivity index (χ1v) is 3.82. The summed E-state index contributed by atoms with van der Waals surface area (Å²) < 4.78 is 36.4. The Balaban J connectivity index is 3.00. The highest BCUT2D eigenvalue weighted by molar-refractivity contribution is 6.07. The minimum absolute atomic E-state index is 0.388. The molecular weight excluding hydrogens is 191 g/mol. The van der Waals surface area contributed by atoms with Crippen LogP contribution in [0.15, 0.2) is 30.8 Å². The van der Waals surface area contributed by atoms with Crippen molar-refractivity contribution in [3.8, 4) is 0 Å². The maximum atomic E-state index is 12.1. The predicted octanol–water partition coefficient (Wildman–Crippen LogP) is 3.37. The van der Waals surface area contributed by atoms with E-state index in [1.165, 1.54) is 12.1 Å². The van der Waals surface area contributed by atoms with Crippen LogP contribution in [0.5, 0.6) is 0 Å². The number of benzene rings is 1. The van der Waals surface area contributed by atoms with E-state index in [9.17, 15) is 13.2 Å². The fraction of sp³-hybridized carbons (Fsp3) is 0.100. The molecule has 4 heteroatoms. The van der Waals surface area contributed by atoms with Crippen molar-refractivity contribution in [1.29, 1.82) is 5.41 Å². The molecule has 1 aromatic rings. The molecule has 14 heavy (non-hydrogen) atoms. The van der Waals surface area contributed by atoms with Gasteiger partial charge >= 0.3 is 6.18 Å².